The van der Waals surface area contributed by atoms with E-state index in [1.807, 2.05) is 24.3 Å². The molecule has 0 aromatic heterocycles. The van der Waals surface area contributed by atoms with E-state index in [4.69, 9.17) is 4.74 Å². The van der Waals surface area contributed by atoms with Crippen molar-refractivity contribution in [2.45, 2.75) is 20.3 Å². The molecule has 1 aromatic carbocycles. The second kappa shape index (κ2) is 7.17. The number of fused-ring (bicyclic) bond motifs is 1. The maximum atomic E-state index is 12.3. The molecule has 0 aliphatic carbocycles. The monoisotopic (exact) mass is 344 g/mol. The average Bonchev–Trinajstić information content (AvgIpc) is 2.99. The lowest BCUT2D eigenvalue weighted by molar-refractivity contribution is -0.118. The number of amidine groups is 2. The van der Waals surface area contributed by atoms with E-state index < -0.39 is 5.92 Å². The third-order valence-electron chi connectivity index (χ3n) is 3.75. The summed E-state index contributed by atoms with van der Waals surface area (Å²) in [4.78, 5) is 21.0. The summed E-state index contributed by atoms with van der Waals surface area (Å²) in [6, 6.07) is 7.54. The number of rotatable bonds is 5. The lowest BCUT2D eigenvalue weighted by atomic mass is 10.1. The molecule has 0 fully saturated rings. The van der Waals surface area contributed by atoms with Gasteiger partial charge in [0.15, 0.2) is 11.0 Å². The van der Waals surface area contributed by atoms with E-state index >= 15 is 0 Å². The van der Waals surface area contributed by atoms with E-state index in [1.165, 1.54) is 11.8 Å². The first-order valence-corrected chi connectivity index (χ1v) is 8.90. The van der Waals surface area contributed by atoms with E-state index in [2.05, 4.69) is 28.9 Å². The Morgan fingerprint density at radius 1 is 1.29 bits per heavy atom. The first-order valence-electron chi connectivity index (χ1n) is 7.91. The van der Waals surface area contributed by atoms with E-state index in [-0.39, 0.29) is 5.91 Å². The highest BCUT2D eigenvalue weighted by atomic mass is 32.2. The predicted octanol–water partition coefficient (Wildman–Crippen LogP) is 3.19. The summed E-state index contributed by atoms with van der Waals surface area (Å²) < 4.78 is 5.39. The Balaban J connectivity index is 1.84. The number of amides is 1. The number of aliphatic imine (C=N–C) groups is 2. The Labute approximate surface area is 145 Å². The fraction of sp³-hybridized carbons (Fsp3) is 0.412. The van der Waals surface area contributed by atoms with Crippen LogP contribution in [0.3, 0.4) is 0 Å². The minimum Gasteiger partial charge on any atom is -0.494 e. The number of carbonyl (C=O) groups excluding carboxylic acids is 1. The number of thioether (sulfide) groups is 1. The highest BCUT2D eigenvalue weighted by molar-refractivity contribution is 8.13. The van der Waals surface area contributed by atoms with Gasteiger partial charge in [-0.1, -0.05) is 37.7 Å². The molecule has 1 amide bonds. The van der Waals surface area contributed by atoms with E-state index in [0.717, 1.165) is 17.9 Å². The summed E-state index contributed by atoms with van der Waals surface area (Å²) >= 11 is 1.51. The summed E-state index contributed by atoms with van der Waals surface area (Å²) in [5, 5.41) is 6.52. The molecule has 0 N–H and O–H groups in total. The molecule has 2 heterocycles. The highest BCUT2D eigenvalue weighted by Gasteiger charge is 2.37. The number of para-hydroxylation sites is 2. The molecule has 0 saturated heterocycles. The topological polar surface area (TPSA) is 66.6 Å². The van der Waals surface area contributed by atoms with Gasteiger partial charge in [0.2, 0.25) is 0 Å². The van der Waals surface area contributed by atoms with Gasteiger partial charge in [0.25, 0.3) is 5.91 Å². The highest BCUT2D eigenvalue weighted by Crippen LogP contribution is 2.33. The maximum absolute atomic E-state index is 12.3. The molecule has 6 nitrogen and oxygen atoms in total. The van der Waals surface area contributed by atoms with E-state index in [0.29, 0.717) is 22.7 Å². The third kappa shape index (κ3) is 3.36. The molecule has 2 aliphatic heterocycles. The van der Waals surface area contributed by atoms with Crippen molar-refractivity contribution in [3.05, 3.63) is 24.3 Å². The first-order chi connectivity index (χ1) is 11.6. The van der Waals surface area contributed by atoms with Crippen molar-refractivity contribution >= 4 is 40.6 Å². The number of hydrogen-bond acceptors (Lipinski definition) is 6. The van der Waals surface area contributed by atoms with Crippen molar-refractivity contribution in [2.75, 3.05) is 17.9 Å². The number of benzene rings is 1. The Morgan fingerprint density at radius 2 is 2.08 bits per heavy atom. The Kier molecular flexibility index (Phi) is 4.99. The molecule has 3 rings (SSSR count). The smallest absolute Gasteiger partial charge is 0.264 e. The van der Waals surface area contributed by atoms with Gasteiger partial charge in [0.05, 0.1) is 7.11 Å². The van der Waals surface area contributed by atoms with Crippen LogP contribution in [0.4, 0.5) is 5.69 Å². The van der Waals surface area contributed by atoms with E-state index in [1.54, 1.807) is 18.3 Å². The van der Waals surface area contributed by atoms with Gasteiger partial charge in [-0.2, -0.15) is 10.1 Å². The Hall–Kier alpha value is -2.15. The van der Waals surface area contributed by atoms with Gasteiger partial charge in [-0.05, 0) is 24.5 Å². The molecule has 0 spiro atoms. The molecular formula is C17H20N4O2S. The normalized spacial score (nSPS) is 19.4. The zero-order chi connectivity index (χ0) is 17.1. The fourth-order valence-electron chi connectivity index (χ4n) is 2.41. The van der Waals surface area contributed by atoms with Crippen LogP contribution in [0.15, 0.2) is 39.4 Å². The second-order valence-electron chi connectivity index (χ2n) is 5.96. The van der Waals surface area contributed by atoms with Crippen molar-refractivity contribution in [3.8, 4) is 5.75 Å². The predicted molar refractivity (Wildman–Crippen MR) is 99.2 cm³/mol. The van der Waals surface area contributed by atoms with Crippen LogP contribution in [0.2, 0.25) is 0 Å². The maximum Gasteiger partial charge on any atom is 0.264 e. The van der Waals surface area contributed by atoms with Crippen LogP contribution in [0.25, 0.3) is 0 Å². The zero-order valence-electron chi connectivity index (χ0n) is 14.0. The Bertz CT molecular complexity index is 727. The van der Waals surface area contributed by atoms with Crippen LogP contribution < -0.4 is 9.75 Å². The molecular weight excluding hydrogens is 324 g/mol. The molecule has 1 atom stereocenters. The minimum atomic E-state index is -0.510. The molecule has 0 bridgehead atoms. The summed E-state index contributed by atoms with van der Waals surface area (Å²) in [6.07, 6.45) is 2.64. The SMILES string of the molecule is COc1ccccc1N1N=CC2C(=O)N=C(SCCC(C)C)N=C21. The van der Waals surface area contributed by atoms with Crippen LogP contribution in [-0.2, 0) is 4.79 Å². The number of carbonyl (C=O) groups is 1. The number of hydrogen-bond donors (Lipinski definition) is 0. The molecule has 0 radical (unpaired) electrons. The molecule has 1 aromatic rings. The van der Waals surface area contributed by atoms with Crippen molar-refractivity contribution in [2.24, 2.45) is 26.9 Å². The van der Waals surface area contributed by atoms with Gasteiger partial charge in [-0.15, -0.1) is 0 Å². The number of nitrogens with zero attached hydrogens (tertiary/aromatic N) is 4. The van der Waals surface area contributed by atoms with Crippen molar-refractivity contribution in [1.82, 2.24) is 0 Å². The summed E-state index contributed by atoms with van der Waals surface area (Å²) in [5.74, 6) is 2.05. The van der Waals surface area contributed by atoms with Crippen molar-refractivity contribution in [3.63, 3.8) is 0 Å². The largest absolute Gasteiger partial charge is 0.494 e. The summed E-state index contributed by atoms with van der Waals surface area (Å²) in [7, 11) is 1.61. The molecule has 24 heavy (non-hydrogen) atoms. The molecule has 1 unspecified atom stereocenters. The van der Waals surface area contributed by atoms with Crippen LogP contribution >= 0.6 is 11.8 Å². The van der Waals surface area contributed by atoms with Gasteiger partial charge < -0.3 is 4.74 Å². The van der Waals surface area contributed by atoms with Gasteiger partial charge in [-0.25, -0.2) is 10.0 Å². The van der Waals surface area contributed by atoms with Gasteiger partial charge in [0.1, 0.15) is 17.4 Å². The van der Waals surface area contributed by atoms with Gasteiger partial charge >= 0.3 is 0 Å². The third-order valence-corrected chi connectivity index (χ3v) is 4.63. The van der Waals surface area contributed by atoms with Crippen LogP contribution in [0, 0.1) is 11.8 Å². The lowest BCUT2D eigenvalue weighted by Gasteiger charge is -2.21. The van der Waals surface area contributed by atoms with Gasteiger partial charge in [0, 0.05) is 12.0 Å². The standard InChI is InChI=1S/C17H20N4O2S/c1-11(2)8-9-24-17-19-15-12(16(22)20-17)10-18-21(15)13-6-4-5-7-14(13)23-3/h4-7,10-12H,8-9H2,1-3H3. The van der Waals surface area contributed by atoms with Crippen molar-refractivity contribution in [1.29, 1.82) is 0 Å². The average molecular weight is 344 g/mol. The Morgan fingerprint density at radius 3 is 2.83 bits per heavy atom. The molecule has 126 valence electrons. The molecule has 2 aliphatic rings. The molecule has 0 saturated carbocycles. The number of methoxy groups -OCH3 is 1. The number of anilines is 1. The van der Waals surface area contributed by atoms with Crippen LogP contribution in [0.5, 0.6) is 5.75 Å². The minimum absolute atomic E-state index is 0.215. The van der Waals surface area contributed by atoms with Crippen LogP contribution in [0.1, 0.15) is 20.3 Å². The lowest BCUT2D eigenvalue weighted by Crippen LogP contribution is -2.34. The summed E-state index contributed by atoms with van der Waals surface area (Å²) in [6.45, 7) is 4.34. The van der Waals surface area contributed by atoms with E-state index in [9.17, 15) is 4.79 Å². The second-order valence-corrected chi connectivity index (χ2v) is 7.02. The number of hydrazone groups is 1. The quantitative estimate of drug-likeness (QED) is 0.823. The van der Waals surface area contributed by atoms with Crippen LogP contribution in [-0.4, -0.2) is 36.0 Å². The summed E-state index contributed by atoms with van der Waals surface area (Å²) in [5.41, 5.74) is 0.763. The first kappa shape index (κ1) is 16.7. The zero-order valence-corrected chi connectivity index (χ0v) is 14.8. The fourth-order valence-corrected chi connectivity index (χ4v) is 3.49. The van der Waals surface area contributed by atoms with Gasteiger partial charge in [-0.3, -0.25) is 4.79 Å². The number of ether oxygens (including phenoxy) is 1. The van der Waals surface area contributed by atoms with Crippen molar-refractivity contribution < 1.29 is 9.53 Å². The molecule has 7 heteroatoms.